The molecule has 9 nitrogen and oxygen atoms in total. The molecule has 0 atom stereocenters. The number of pyridine rings is 2. The summed E-state index contributed by atoms with van der Waals surface area (Å²) in [5.41, 5.74) is -1.88. The Morgan fingerprint density at radius 2 is 1.50 bits per heavy atom. The van der Waals surface area contributed by atoms with Gasteiger partial charge in [0.2, 0.25) is 0 Å². The number of para-hydroxylation sites is 1. The van der Waals surface area contributed by atoms with Crippen LogP contribution in [0.2, 0.25) is 0 Å². The number of fused-ring (bicyclic) bond motifs is 1. The van der Waals surface area contributed by atoms with E-state index < -0.39 is 46.2 Å². The summed E-state index contributed by atoms with van der Waals surface area (Å²) in [5, 5.41) is 0.894. The van der Waals surface area contributed by atoms with Gasteiger partial charge in [0.25, 0.3) is 5.56 Å². The van der Waals surface area contributed by atoms with E-state index in [0.29, 0.717) is 16.9 Å². The number of benzene rings is 1. The molecule has 0 saturated carbocycles. The van der Waals surface area contributed by atoms with Gasteiger partial charge in [0.1, 0.15) is 16.8 Å². The van der Waals surface area contributed by atoms with E-state index in [1.54, 1.807) is 54.5 Å². The van der Waals surface area contributed by atoms with E-state index >= 15 is 0 Å². The van der Waals surface area contributed by atoms with Crippen molar-refractivity contribution in [2.24, 2.45) is 7.05 Å². The van der Waals surface area contributed by atoms with Crippen LogP contribution in [0.5, 0.6) is 0 Å². The van der Waals surface area contributed by atoms with Crippen molar-refractivity contribution in [1.82, 2.24) is 9.55 Å². The molecule has 0 N–H and O–H groups in total. The summed E-state index contributed by atoms with van der Waals surface area (Å²) in [6.45, 7) is 11.5. The van der Waals surface area contributed by atoms with Gasteiger partial charge in [-0.2, -0.15) is 0 Å². The van der Waals surface area contributed by atoms with Crippen LogP contribution in [0.15, 0.2) is 47.3 Å². The van der Waals surface area contributed by atoms with Gasteiger partial charge in [0.05, 0.1) is 23.5 Å². The summed E-state index contributed by atoms with van der Waals surface area (Å²) >= 11 is 0. The predicted octanol–water partition coefficient (Wildman–Crippen LogP) is 4.54. The Bertz CT molecular complexity index is 1410. The standard InChI is InChI=1S/C29H34N2O7/c1-9-36-25(33)22-18(23(26(34)37-28(2,3)4)27(35)38-29(5,6)7)16-21(31(8)24(22)32)20-15-14-17-12-10-11-13-19(17)30-20/h10-16,23H,9H2,1-8H3. The number of esters is 3. The van der Waals surface area contributed by atoms with E-state index in [4.69, 9.17) is 14.2 Å². The lowest BCUT2D eigenvalue weighted by Crippen LogP contribution is -2.38. The van der Waals surface area contributed by atoms with Crippen LogP contribution in [0.1, 0.15) is 70.3 Å². The molecule has 3 rings (SSSR count). The molecule has 0 saturated heterocycles. The average Bonchev–Trinajstić information content (AvgIpc) is 2.79. The van der Waals surface area contributed by atoms with Gasteiger partial charge in [0, 0.05) is 12.4 Å². The largest absolute Gasteiger partial charge is 0.462 e. The van der Waals surface area contributed by atoms with Gasteiger partial charge in [0.15, 0.2) is 5.92 Å². The molecule has 0 spiro atoms. The summed E-state index contributed by atoms with van der Waals surface area (Å²) in [4.78, 5) is 58.2. The van der Waals surface area contributed by atoms with Crippen molar-refractivity contribution in [2.75, 3.05) is 6.61 Å². The fourth-order valence-electron chi connectivity index (χ4n) is 3.88. The van der Waals surface area contributed by atoms with Crippen molar-refractivity contribution in [3.05, 3.63) is 63.9 Å². The fourth-order valence-corrected chi connectivity index (χ4v) is 3.88. The molecule has 9 heteroatoms. The summed E-state index contributed by atoms with van der Waals surface area (Å²) in [6, 6.07) is 12.5. The highest BCUT2D eigenvalue weighted by Gasteiger charge is 2.40. The van der Waals surface area contributed by atoms with Gasteiger partial charge in [-0.25, -0.2) is 9.78 Å². The number of aromatic nitrogens is 2. The number of carbonyl (C=O) groups excluding carboxylic acids is 3. The maximum Gasteiger partial charge on any atom is 0.344 e. The maximum absolute atomic E-state index is 13.6. The second-order valence-electron chi connectivity index (χ2n) is 10.8. The Labute approximate surface area is 221 Å². The first-order valence-electron chi connectivity index (χ1n) is 12.4. The molecule has 3 aromatic rings. The van der Waals surface area contributed by atoms with E-state index in [1.165, 1.54) is 17.7 Å². The first-order valence-corrected chi connectivity index (χ1v) is 12.4. The quantitative estimate of drug-likeness (QED) is 0.263. The molecule has 1 aromatic carbocycles. The minimum Gasteiger partial charge on any atom is -0.462 e. The molecule has 0 amide bonds. The molecule has 0 aliphatic rings. The molecule has 0 aliphatic heterocycles. The number of rotatable bonds is 6. The smallest absolute Gasteiger partial charge is 0.344 e. The lowest BCUT2D eigenvalue weighted by Gasteiger charge is -2.27. The summed E-state index contributed by atoms with van der Waals surface area (Å²) < 4.78 is 17.5. The van der Waals surface area contributed by atoms with E-state index in [9.17, 15) is 19.2 Å². The van der Waals surface area contributed by atoms with Crippen LogP contribution < -0.4 is 5.56 Å². The highest BCUT2D eigenvalue weighted by Crippen LogP contribution is 2.30. The van der Waals surface area contributed by atoms with Crippen molar-refractivity contribution in [2.45, 2.75) is 65.6 Å². The Balaban J connectivity index is 2.35. The van der Waals surface area contributed by atoms with Gasteiger partial charge in [-0.1, -0.05) is 24.3 Å². The maximum atomic E-state index is 13.6. The molecule has 2 aromatic heterocycles. The Kier molecular flexibility index (Phi) is 8.09. The van der Waals surface area contributed by atoms with E-state index in [2.05, 4.69) is 4.98 Å². The monoisotopic (exact) mass is 522 g/mol. The van der Waals surface area contributed by atoms with Crippen LogP contribution in [-0.4, -0.2) is 45.3 Å². The molecule has 38 heavy (non-hydrogen) atoms. The Hall–Kier alpha value is -4.01. The molecule has 2 heterocycles. The van der Waals surface area contributed by atoms with Gasteiger partial charge in [-0.15, -0.1) is 0 Å². The second-order valence-corrected chi connectivity index (χ2v) is 10.8. The van der Waals surface area contributed by atoms with E-state index in [1.807, 2.05) is 30.3 Å². The first-order chi connectivity index (χ1) is 17.6. The van der Waals surface area contributed by atoms with Gasteiger partial charge in [-0.05, 0) is 72.2 Å². The third kappa shape index (κ3) is 6.45. The lowest BCUT2D eigenvalue weighted by atomic mass is 9.93. The van der Waals surface area contributed by atoms with E-state index in [-0.39, 0.29) is 12.2 Å². The number of hydrogen-bond acceptors (Lipinski definition) is 8. The molecule has 0 bridgehead atoms. The molecule has 202 valence electrons. The third-order valence-corrected chi connectivity index (χ3v) is 5.40. The van der Waals surface area contributed by atoms with Crippen molar-refractivity contribution in [3.63, 3.8) is 0 Å². The molecule has 0 radical (unpaired) electrons. The second kappa shape index (κ2) is 10.8. The Morgan fingerprint density at radius 3 is 2.05 bits per heavy atom. The van der Waals surface area contributed by atoms with Crippen LogP contribution in [0.25, 0.3) is 22.3 Å². The number of carbonyl (C=O) groups is 3. The highest BCUT2D eigenvalue weighted by atomic mass is 16.6. The zero-order chi connectivity index (χ0) is 28.4. The lowest BCUT2D eigenvalue weighted by molar-refractivity contribution is -0.169. The fraction of sp³-hybridized carbons (Fsp3) is 0.414. The van der Waals surface area contributed by atoms with Crippen LogP contribution in [-0.2, 0) is 30.8 Å². The molecular weight excluding hydrogens is 488 g/mol. The molecule has 0 fully saturated rings. The predicted molar refractivity (Wildman–Crippen MR) is 143 cm³/mol. The minimum atomic E-state index is -1.72. The SMILES string of the molecule is CCOC(=O)c1c(C(C(=O)OC(C)(C)C)C(=O)OC(C)(C)C)cc(-c2ccc3ccccc3n2)n(C)c1=O. The summed E-state index contributed by atoms with van der Waals surface area (Å²) in [7, 11) is 1.48. The van der Waals surface area contributed by atoms with Crippen LogP contribution >= 0.6 is 0 Å². The van der Waals surface area contributed by atoms with Crippen LogP contribution in [0.4, 0.5) is 0 Å². The first kappa shape index (κ1) is 28.6. The van der Waals surface area contributed by atoms with Crippen LogP contribution in [0.3, 0.4) is 0 Å². The third-order valence-electron chi connectivity index (χ3n) is 5.40. The van der Waals surface area contributed by atoms with Crippen LogP contribution in [0, 0.1) is 0 Å². The average molecular weight is 523 g/mol. The normalized spacial score (nSPS) is 11.9. The number of hydrogen-bond donors (Lipinski definition) is 0. The molecule has 0 unspecified atom stereocenters. The zero-order valence-electron chi connectivity index (χ0n) is 23.1. The number of nitrogens with zero attached hydrogens (tertiary/aromatic N) is 2. The van der Waals surface area contributed by atoms with Gasteiger partial charge < -0.3 is 18.8 Å². The van der Waals surface area contributed by atoms with Gasteiger partial charge >= 0.3 is 17.9 Å². The van der Waals surface area contributed by atoms with Crippen molar-refractivity contribution >= 4 is 28.8 Å². The topological polar surface area (TPSA) is 114 Å². The zero-order valence-corrected chi connectivity index (χ0v) is 23.1. The molecular formula is C29H34N2O7. The number of ether oxygens (including phenoxy) is 3. The van der Waals surface area contributed by atoms with Crippen molar-refractivity contribution < 1.29 is 28.6 Å². The highest BCUT2D eigenvalue weighted by molar-refractivity contribution is 6.04. The Morgan fingerprint density at radius 1 is 0.921 bits per heavy atom. The molecule has 0 aliphatic carbocycles. The summed E-state index contributed by atoms with van der Waals surface area (Å²) in [5.74, 6) is -4.59. The van der Waals surface area contributed by atoms with Crippen molar-refractivity contribution in [1.29, 1.82) is 0 Å². The van der Waals surface area contributed by atoms with Gasteiger partial charge in [-0.3, -0.25) is 14.4 Å². The van der Waals surface area contributed by atoms with E-state index in [0.717, 1.165) is 5.39 Å². The van der Waals surface area contributed by atoms with Crippen molar-refractivity contribution in [3.8, 4) is 11.4 Å². The minimum absolute atomic E-state index is 0.0149. The summed E-state index contributed by atoms with van der Waals surface area (Å²) in [6.07, 6.45) is 0.